The molecule has 15 rings (SSSR count). The second-order valence-corrected chi connectivity index (χ2v) is 36.5. The standard InChI is InChI=1S/2C20H19Cl2N3O4.3C19H17Cl2N3O4/c1-10(9-26)13-7-18(23-8-17(13)28)29-20-14(21)5-12(6-15(20)22)19-16(27)4-11(2)25(3)24-19;1-4-15(26)12-8-18(23-9-17(12)28)29-20-13(21)6-11(7-14(20)22)19-16(27)5-10(2)25(3)24-19;3*1-9-4-15(26)18(23-24(9)3)11-5-13(20)19(14(21)6-11)28-17-7-12(10(2)25)16(27)8-22-17/h5-7,10,26H,2,4,8-9H2,1,3H3;6-8,15,26H,2,4-5,9H2,1,3H3;3*5-7,10,25H,1,4,8H2,2-3H3. The van der Waals surface area contributed by atoms with Gasteiger partial charge in [-0.1, -0.05) is 163 Å². The average Bonchev–Trinajstić information content (AvgIpc) is 0.803. The quantitative estimate of drug-likeness (QED) is 0.0577. The molecule has 0 aliphatic carbocycles. The summed E-state index contributed by atoms with van der Waals surface area (Å²) in [5, 5.41) is 78.7. The van der Waals surface area contributed by atoms with E-state index in [1.54, 1.807) is 49.1 Å². The number of hydrogen-bond donors (Lipinski definition) is 5. The van der Waals surface area contributed by atoms with E-state index in [4.69, 9.17) is 140 Å². The second-order valence-electron chi connectivity index (χ2n) is 32.5. The molecular formula is C97H89Cl10N15O20. The summed E-state index contributed by atoms with van der Waals surface area (Å²) in [5.74, 6) is -1.31. The maximum atomic E-state index is 12.3. The molecule has 142 heavy (non-hydrogen) atoms. The molecule has 5 atom stereocenters. The number of hydrazone groups is 5. The Morgan fingerprint density at radius 2 is 0.465 bits per heavy atom. The van der Waals surface area contributed by atoms with Crippen LogP contribution in [0, 0.1) is 5.92 Å². The summed E-state index contributed by atoms with van der Waals surface area (Å²) in [5.41, 5.74) is 7.61. The molecule has 0 saturated carbocycles. The first-order valence-electron chi connectivity index (χ1n) is 42.8. The first-order valence-corrected chi connectivity index (χ1v) is 46.5. The smallest absolute Gasteiger partial charge is 0.215 e. The lowest BCUT2D eigenvalue weighted by Crippen LogP contribution is -2.28. The molecule has 10 aliphatic rings. The Morgan fingerprint density at radius 3 is 0.641 bits per heavy atom. The van der Waals surface area contributed by atoms with Crippen molar-refractivity contribution in [1.29, 1.82) is 0 Å². The van der Waals surface area contributed by atoms with E-state index in [9.17, 15) is 73.5 Å². The zero-order valence-electron chi connectivity index (χ0n) is 77.4. The van der Waals surface area contributed by atoms with E-state index in [0.717, 1.165) is 0 Å². The summed E-state index contributed by atoms with van der Waals surface area (Å²) in [6.45, 7) is 26.0. The minimum atomic E-state index is -0.947. The van der Waals surface area contributed by atoms with E-state index in [2.05, 4.69) is 83.4 Å². The fraction of sp³-hybridized carbons (Fsp3) is 0.278. The van der Waals surface area contributed by atoms with Gasteiger partial charge in [0.15, 0.2) is 86.6 Å². The van der Waals surface area contributed by atoms with Gasteiger partial charge in [-0.15, -0.1) is 0 Å². The fourth-order valence-corrected chi connectivity index (χ4v) is 16.6. The third kappa shape index (κ3) is 26.7. The summed E-state index contributed by atoms with van der Waals surface area (Å²) >= 11 is 63.3. The monoisotopic (exact) mass is 2130 g/mol. The van der Waals surface area contributed by atoms with Gasteiger partial charge < -0.3 is 49.2 Å². The van der Waals surface area contributed by atoms with Crippen molar-refractivity contribution in [3.8, 4) is 28.7 Å². The van der Waals surface area contributed by atoms with Crippen molar-refractivity contribution in [3.05, 3.63) is 258 Å². The molecular weight excluding hydrogens is 2050 g/mol. The van der Waals surface area contributed by atoms with Crippen LogP contribution in [0.1, 0.15) is 101 Å². The molecule has 35 nitrogen and oxygen atoms in total. The molecule has 0 fully saturated rings. The van der Waals surface area contributed by atoms with Crippen LogP contribution in [-0.2, 0) is 47.9 Å². The van der Waals surface area contributed by atoms with Crippen LogP contribution in [0.4, 0.5) is 0 Å². The molecule has 0 radical (unpaired) electrons. The number of ketones is 10. The van der Waals surface area contributed by atoms with Crippen LogP contribution in [-0.4, -0.2) is 265 Å². The van der Waals surface area contributed by atoms with Crippen LogP contribution >= 0.6 is 116 Å². The third-order valence-corrected chi connectivity index (χ3v) is 24.7. The highest BCUT2D eigenvalue weighted by Gasteiger charge is 2.35. The number of halogens is 10. The number of aliphatic imine (C=N–C) groups is 5. The maximum Gasteiger partial charge on any atom is 0.215 e. The van der Waals surface area contributed by atoms with E-state index in [1.165, 1.54) is 137 Å². The maximum absolute atomic E-state index is 12.3. The van der Waals surface area contributed by atoms with Crippen LogP contribution in [0.5, 0.6) is 28.7 Å². The Bertz CT molecular complexity index is 6120. The highest BCUT2D eigenvalue weighted by Crippen LogP contribution is 2.43. The van der Waals surface area contributed by atoms with Crippen molar-refractivity contribution < 1.29 is 97.2 Å². The van der Waals surface area contributed by atoms with Crippen LogP contribution < -0.4 is 23.7 Å². The predicted molar refractivity (Wildman–Crippen MR) is 545 cm³/mol. The number of allylic oxidation sites excluding steroid dienone is 5. The van der Waals surface area contributed by atoms with E-state index in [0.29, 0.717) is 68.3 Å². The Kier molecular flexibility index (Phi) is 36.9. The molecule has 5 aromatic carbocycles. The zero-order valence-corrected chi connectivity index (χ0v) is 85.0. The van der Waals surface area contributed by atoms with Gasteiger partial charge in [-0.2, -0.15) is 25.5 Å². The topological polar surface area (TPSA) is 458 Å². The van der Waals surface area contributed by atoms with Crippen molar-refractivity contribution in [2.45, 2.75) is 97.6 Å². The average molecular weight is 2140 g/mol. The Morgan fingerprint density at radius 1 is 0.296 bits per heavy atom. The number of hydrogen-bond acceptors (Lipinski definition) is 35. The SMILES string of the molecule is C=C1CC(=O)C(c2cc(Cl)c(OC3=NCC(=O)C(C(C)CO)=C3)c(Cl)c2)=NN1C.C=C1CC(=O)C(c2cc(Cl)c(OC3=NCC(=O)C(C(C)O)=C3)c(Cl)c2)=NN1C.C=C1CC(=O)C(c2cc(Cl)c(OC3=NCC(=O)C(C(C)O)=C3)c(Cl)c2)=NN1C.C=C1CC(=O)C(c2cc(Cl)c(OC3=NCC(=O)C(C(C)O)=C3)c(Cl)c2)=NN1C.C=C1CC(=O)C(c2cc(Cl)c(OC3=NCC(=O)C(C(O)CC)=C3)c(Cl)c2)=NN1C. The third-order valence-electron chi connectivity index (χ3n) is 21.9. The van der Waals surface area contributed by atoms with E-state index in [-0.39, 0.29) is 294 Å². The molecule has 45 heteroatoms. The van der Waals surface area contributed by atoms with E-state index >= 15 is 0 Å². The van der Waals surface area contributed by atoms with Gasteiger partial charge in [0.05, 0.1) is 107 Å². The number of rotatable bonds is 17. The first kappa shape index (κ1) is 110. The molecule has 5 aromatic rings. The zero-order chi connectivity index (χ0) is 104. The van der Waals surface area contributed by atoms with Gasteiger partial charge in [0, 0.05) is 162 Å². The number of ether oxygens (including phenoxy) is 5. The number of carbonyl (C=O) groups excluding carboxylic acids is 10. The van der Waals surface area contributed by atoms with Crippen LogP contribution in [0.15, 0.2) is 231 Å². The Hall–Kier alpha value is -12.4. The van der Waals surface area contributed by atoms with Crippen LogP contribution in [0.2, 0.25) is 50.2 Å². The molecule has 10 aliphatic heterocycles. The molecule has 742 valence electrons. The number of benzene rings is 5. The van der Waals surface area contributed by atoms with Crippen molar-refractivity contribution >= 4 is 232 Å². The van der Waals surface area contributed by atoms with Gasteiger partial charge in [-0.25, -0.2) is 25.0 Å². The largest absolute Gasteiger partial charge is 0.436 e. The summed E-state index contributed by atoms with van der Waals surface area (Å²) in [7, 11) is 8.50. The van der Waals surface area contributed by atoms with E-state index < -0.39 is 24.4 Å². The highest BCUT2D eigenvalue weighted by atomic mass is 35.5. The highest BCUT2D eigenvalue weighted by molar-refractivity contribution is 6.52. The lowest BCUT2D eigenvalue weighted by Gasteiger charge is -2.23. The predicted octanol–water partition coefficient (Wildman–Crippen LogP) is 14.6. The molecule has 0 aromatic heterocycles. The minimum absolute atomic E-state index is 0.0830. The number of aliphatic hydroxyl groups excluding tert-OH is 5. The van der Waals surface area contributed by atoms with Gasteiger partial charge in [-0.05, 0) is 87.9 Å². The number of dihydropyridines is 5. The molecule has 5 unspecified atom stereocenters. The lowest BCUT2D eigenvalue weighted by atomic mass is 9.96. The molecule has 0 amide bonds. The minimum Gasteiger partial charge on any atom is -0.436 e. The van der Waals surface area contributed by atoms with Crippen molar-refractivity contribution in [3.63, 3.8) is 0 Å². The number of nitrogens with zero attached hydrogens (tertiary/aromatic N) is 15. The van der Waals surface area contributed by atoms with Gasteiger partial charge in [0.2, 0.25) is 29.5 Å². The summed E-state index contributed by atoms with van der Waals surface area (Å²) in [6, 6.07) is 15.3. The number of aliphatic hydroxyl groups is 5. The first-order chi connectivity index (χ1) is 66.9. The van der Waals surface area contributed by atoms with E-state index in [1.807, 2.05) is 0 Å². The lowest BCUT2D eigenvalue weighted by molar-refractivity contribution is -0.116. The molecule has 0 saturated heterocycles. The second kappa shape index (κ2) is 47.7. The number of carbonyl (C=O) groups is 10. The molecule has 10 heterocycles. The fourth-order valence-electron chi connectivity index (χ4n) is 13.8. The van der Waals surface area contributed by atoms with Crippen molar-refractivity contribution in [2.24, 2.45) is 56.4 Å². The normalized spacial score (nSPS) is 18.4. The van der Waals surface area contributed by atoms with Crippen molar-refractivity contribution in [1.82, 2.24) is 25.0 Å². The molecule has 5 N–H and O–H groups in total. The number of Topliss-reactive ketones (excluding diaryl/α,β-unsaturated/α-hetero) is 10. The van der Waals surface area contributed by atoms with Gasteiger partial charge in [0.25, 0.3) is 0 Å². The van der Waals surface area contributed by atoms with Gasteiger partial charge >= 0.3 is 0 Å². The van der Waals surface area contributed by atoms with Crippen molar-refractivity contribution in [2.75, 3.05) is 74.6 Å². The summed E-state index contributed by atoms with van der Waals surface area (Å²) in [6.07, 6.45) is 4.34. The Labute approximate surface area is 863 Å². The molecule has 0 spiro atoms. The van der Waals surface area contributed by atoms with Crippen LogP contribution in [0.25, 0.3) is 0 Å². The molecule has 0 bridgehead atoms. The van der Waals surface area contributed by atoms with Crippen LogP contribution in [0.3, 0.4) is 0 Å². The summed E-state index contributed by atoms with van der Waals surface area (Å²) < 4.78 is 28.4. The van der Waals surface area contributed by atoms with Gasteiger partial charge in [-0.3, -0.25) is 73.0 Å². The summed E-state index contributed by atoms with van der Waals surface area (Å²) in [4.78, 5) is 141. The Balaban J connectivity index is 0.000000169. The van der Waals surface area contributed by atoms with Gasteiger partial charge in [0.1, 0.15) is 61.3 Å².